The number of ether oxygens (including phenoxy) is 12. The molecule has 4 heterocycles. The highest BCUT2D eigenvalue weighted by molar-refractivity contribution is 14.1. The van der Waals surface area contributed by atoms with E-state index in [1.165, 1.54) is 33.5 Å². The lowest BCUT2D eigenvalue weighted by atomic mass is 9.75. The maximum absolute atomic E-state index is 14.5. The summed E-state index contributed by atoms with van der Waals surface area (Å²) < 4.78 is 72.8. The van der Waals surface area contributed by atoms with E-state index in [1.807, 2.05) is 29.5 Å². The van der Waals surface area contributed by atoms with Gasteiger partial charge < -0.3 is 87.7 Å². The highest BCUT2D eigenvalue weighted by atomic mass is 127. The molecule has 19 atom stereocenters. The highest BCUT2D eigenvalue weighted by Crippen LogP contribution is 2.49. The van der Waals surface area contributed by atoms with Crippen molar-refractivity contribution in [3.8, 4) is 40.9 Å². The van der Waals surface area contributed by atoms with E-state index in [4.69, 9.17) is 61.7 Å². The summed E-state index contributed by atoms with van der Waals surface area (Å²) in [4.78, 5) is 47.8. The quantitative estimate of drug-likeness (QED) is 0.0271. The number of hydrogen-bond acceptors (Lipinski definition) is 26. The number of alkyl carbamates (subject to hydrolysis) is 1. The van der Waals surface area contributed by atoms with E-state index in [0.29, 0.717) is 26.7 Å². The van der Waals surface area contributed by atoms with Crippen LogP contribution in [0.2, 0.25) is 0 Å². The monoisotopic (exact) mass is 1380 g/mol. The standard InChI is InChI=1S/C58H78IN3O21S3/c1-11-60-33-26-76-38(24-37(33)71-6)81-51-46(66)43(28(3)78-56(51)80-36-19-14-12-13-15-21-58(70)25-35(64)44(61-57(69)75-10)41(36)32(58)20-22-84-86-31-17-16-18-31)62-83-39-23-34(63)53(30(5)77-39)85-54(68)40-27(2)42(59)49(52(74-9)48(40)72-7)82-55-47(67)50(73-8)45(65)29(4)79-55/h12-13,20,28-31,33-34,36-39,43,45-47,50-51,53,55-56,60,62-63,65-67,70H,11,16-18,22-26H2,1-10H3,(H,61,69)/b13-12+,32-20+/t28-,29+,30-,33+,34+,36+,37+,38+,39+,43-,45+,46+,47-,50-,51-,53-,55+,56+,58+/m1/s1. The van der Waals surface area contributed by atoms with Gasteiger partial charge in [0.2, 0.25) is 17.2 Å². The SMILES string of the molecule is CCN[C@H]1CO[C@@H](O[C@H]2[C@H](O[C@H]3C#C/C=C/C#C[C@]4(O)CC(=O)C(NC(=O)OC)=C3/C4=C\CSSC3CCC3)O[C@H](C)[C@@H](NO[C@H]3C[C@H](O)[C@H](SC(=O)c4c(C)c(I)c(O[C@@H]5O[C@@H](C)[C@H](O)[C@@H](OC)[C@H]5O)c(OC)c4OC)[C@@H](C)O3)[C@@H]2O)C[C@@H]1OC. The Morgan fingerprint density at radius 2 is 1.60 bits per heavy atom. The fourth-order valence-electron chi connectivity index (χ4n) is 11.0. The third kappa shape index (κ3) is 15.5. The van der Waals surface area contributed by atoms with E-state index in [0.717, 1.165) is 38.1 Å². The number of ketones is 1. The van der Waals surface area contributed by atoms with Gasteiger partial charge in [-0.15, -0.1) is 0 Å². The number of Topliss-reactive ketones (excluding diaryl/α,β-unsaturated/α-hetero) is 1. The smallest absolute Gasteiger partial charge is 0.411 e. The lowest BCUT2D eigenvalue weighted by molar-refractivity contribution is -0.336. The molecule has 0 unspecified atom stereocenters. The van der Waals surface area contributed by atoms with Crippen molar-refractivity contribution in [1.82, 2.24) is 16.1 Å². The second kappa shape index (κ2) is 31.2. The van der Waals surface area contributed by atoms with Crippen LogP contribution in [0.1, 0.15) is 82.1 Å². The second-order valence-corrected chi connectivity index (χ2v) is 26.4. The molecule has 8 rings (SSSR count). The molecule has 0 aromatic heterocycles. The molecule has 8 N–H and O–H groups in total. The lowest BCUT2D eigenvalue weighted by Crippen LogP contribution is -2.65. The van der Waals surface area contributed by atoms with Crippen LogP contribution in [-0.4, -0.2) is 217 Å². The largest absolute Gasteiger partial charge is 0.492 e. The summed E-state index contributed by atoms with van der Waals surface area (Å²) in [6.07, 6.45) is -10.3. The molecule has 86 heavy (non-hydrogen) atoms. The number of allylic oxidation sites excluding steroid dienone is 3. The van der Waals surface area contributed by atoms with Gasteiger partial charge in [-0.2, -0.15) is 5.48 Å². The van der Waals surface area contributed by atoms with Crippen molar-refractivity contribution in [2.45, 2.75) is 194 Å². The number of thioether (sulfide) groups is 1. The van der Waals surface area contributed by atoms with Gasteiger partial charge >= 0.3 is 6.09 Å². The summed E-state index contributed by atoms with van der Waals surface area (Å²) >= 11 is 2.83. The maximum atomic E-state index is 14.5. The minimum Gasteiger partial charge on any atom is -0.492 e. The van der Waals surface area contributed by atoms with Crippen LogP contribution in [0.15, 0.2) is 35.1 Å². The predicted molar refractivity (Wildman–Crippen MR) is 324 cm³/mol. The molecule has 0 radical (unpaired) electrons. The number of halogens is 1. The number of likely N-dealkylation sites (N-methyl/N-ethyl adjacent to an activating group) is 1. The summed E-state index contributed by atoms with van der Waals surface area (Å²) in [5.41, 5.74) is 1.40. The molecule has 2 bridgehead atoms. The third-order valence-corrected chi connectivity index (χ3v) is 21.4. The molecule has 28 heteroatoms. The van der Waals surface area contributed by atoms with Crippen LogP contribution in [-0.2, 0) is 52.3 Å². The Hall–Kier alpha value is -3.29. The average Bonchev–Trinajstić information content (AvgIpc) is 0.872. The molecule has 1 amide bonds. The molecule has 4 aliphatic heterocycles. The number of aliphatic hydroxyl groups excluding tert-OH is 4. The number of hydrogen-bond donors (Lipinski definition) is 8. The Kier molecular flexibility index (Phi) is 24.9. The van der Waals surface area contributed by atoms with E-state index >= 15 is 0 Å². The van der Waals surface area contributed by atoms with E-state index in [2.05, 4.69) is 39.8 Å². The molecule has 1 aromatic carbocycles. The molecule has 1 aromatic rings. The minimum atomic E-state index is -2.04. The Bertz CT molecular complexity index is 2800. The number of rotatable bonds is 22. The van der Waals surface area contributed by atoms with Crippen LogP contribution in [0.4, 0.5) is 4.79 Å². The first kappa shape index (κ1) is 68.6. The number of benzene rings is 1. The number of fused-ring (bicyclic) bond motifs is 2. The molecule has 476 valence electrons. The van der Waals surface area contributed by atoms with Crippen molar-refractivity contribution in [3.63, 3.8) is 0 Å². The van der Waals surface area contributed by atoms with Crippen LogP contribution < -0.4 is 30.3 Å². The molecule has 1 saturated carbocycles. The summed E-state index contributed by atoms with van der Waals surface area (Å²) in [6, 6.07) is -1.26. The van der Waals surface area contributed by atoms with Crippen LogP contribution >= 0.6 is 55.9 Å². The zero-order valence-corrected chi connectivity index (χ0v) is 54.0. The highest BCUT2D eigenvalue weighted by Gasteiger charge is 2.52. The van der Waals surface area contributed by atoms with Gasteiger partial charge in [0.1, 0.15) is 36.6 Å². The van der Waals surface area contributed by atoms with Crippen molar-refractivity contribution in [2.24, 2.45) is 0 Å². The Balaban J connectivity index is 1.02. The first-order chi connectivity index (χ1) is 41.2. The van der Waals surface area contributed by atoms with Gasteiger partial charge in [-0.05, 0) is 87.4 Å². The zero-order chi connectivity index (χ0) is 62.1. The van der Waals surface area contributed by atoms with Gasteiger partial charge in [-0.1, -0.05) is 76.5 Å². The fourth-order valence-corrected chi connectivity index (χ4v) is 15.4. The van der Waals surface area contributed by atoms with Gasteiger partial charge in [-0.3, -0.25) is 19.7 Å². The Morgan fingerprint density at radius 3 is 2.27 bits per heavy atom. The van der Waals surface area contributed by atoms with Gasteiger partial charge in [-0.25, -0.2) is 4.79 Å². The number of hydroxylamine groups is 1. The van der Waals surface area contributed by atoms with Crippen molar-refractivity contribution >= 4 is 72.9 Å². The number of carbonyl (C=O) groups is 3. The van der Waals surface area contributed by atoms with Crippen LogP contribution in [0.25, 0.3) is 0 Å². The van der Waals surface area contributed by atoms with E-state index in [1.54, 1.807) is 62.5 Å². The summed E-state index contributed by atoms with van der Waals surface area (Å²) in [6.45, 7) is 9.44. The minimum absolute atomic E-state index is 0.00718. The molecule has 24 nitrogen and oxygen atoms in total. The summed E-state index contributed by atoms with van der Waals surface area (Å²) in [5, 5.41) is 63.4. The van der Waals surface area contributed by atoms with Crippen LogP contribution in [0.5, 0.6) is 17.2 Å². The van der Waals surface area contributed by atoms with Gasteiger partial charge in [0, 0.05) is 49.2 Å². The number of aliphatic hydroxyl groups is 5. The molecule has 5 fully saturated rings. The Morgan fingerprint density at radius 1 is 0.872 bits per heavy atom. The molecular weight excluding hydrogens is 1300 g/mol. The molecule has 3 aliphatic carbocycles. The van der Waals surface area contributed by atoms with Crippen molar-refractivity contribution < 1.29 is 102 Å². The summed E-state index contributed by atoms with van der Waals surface area (Å²) in [5.74, 6) is 11.5. The average molecular weight is 1380 g/mol. The second-order valence-electron chi connectivity index (χ2n) is 21.5. The normalized spacial score (nSPS) is 36.4. The van der Waals surface area contributed by atoms with Crippen molar-refractivity contribution in [1.29, 1.82) is 0 Å². The predicted octanol–water partition coefficient (Wildman–Crippen LogP) is 3.47. The lowest BCUT2D eigenvalue weighted by Gasteiger charge is -2.46. The molecule has 7 aliphatic rings. The van der Waals surface area contributed by atoms with E-state index in [-0.39, 0.29) is 71.2 Å². The zero-order valence-electron chi connectivity index (χ0n) is 49.4. The maximum Gasteiger partial charge on any atom is 0.411 e. The van der Waals surface area contributed by atoms with Gasteiger partial charge in [0.05, 0.1) is 97.0 Å². The molecule has 4 saturated heterocycles. The van der Waals surface area contributed by atoms with Gasteiger partial charge in [0.15, 0.2) is 41.8 Å². The van der Waals surface area contributed by atoms with E-state index < -0.39 is 127 Å². The Labute approximate surface area is 526 Å². The number of nitrogens with one attached hydrogen (secondary N) is 3. The number of methoxy groups -OCH3 is 5. The third-order valence-electron chi connectivity index (χ3n) is 15.9. The van der Waals surface area contributed by atoms with E-state index in [9.17, 15) is 39.9 Å². The van der Waals surface area contributed by atoms with Crippen LogP contribution in [0.3, 0.4) is 0 Å². The van der Waals surface area contributed by atoms with Crippen molar-refractivity contribution in [2.75, 3.05) is 54.5 Å². The van der Waals surface area contributed by atoms with Gasteiger partial charge in [0.25, 0.3) is 0 Å². The molecular formula is C58H78IN3O21S3. The fraction of sp³-hybridized carbons (Fsp3) is 0.672. The number of carbonyl (C=O) groups excluding carboxylic acids is 3. The van der Waals surface area contributed by atoms with Crippen molar-refractivity contribution in [3.05, 3.63) is 49.8 Å². The molecule has 0 spiro atoms. The van der Waals surface area contributed by atoms with Crippen LogP contribution in [0, 0.1) is 34.2 Å². The number of amides is 1. The topological polar surface area (TPSA) is 308 Å². The first-order valence-corrected chi connectivity index (χ1v) is 32.7. The first-order valence-electron chi connectivity index (χ1n) is 28.4. The summed E-state index contributed by atoms with van der Waals surface area (Å²) in [7, 11) is 10.1.